The number of Topliss-reactive ketones (excluding diaryl/α,β-unsaturated/α-hetero) is 2. The fraction of sp³-hybridized carbons (Fsp3) is 0.244. The molecule has 5 N–H and O–H groups in total. The lowest BCUT2D eigenvalue weighted by molar-refractivity contribution is 0.0286. The third kappa shape index (κ3) is 29.8. The van der Waals surface area contributed by atoms with Crippen molar-refractivity contribution >= 4 is 241 Å². The van der Waals surface area contributed by atoms with Gasteiger partial charge in [0.25, 0.3) is 0 Å². The van der Waals surface area contributed by atoms with Gasteiger partial charge in [-0.1, -0.05) is 375 Å². The van der Waals surface area contributed by atoms with Gasteiger partial charge in [-0.3, -0.25) is 39.0 Å². The summed E-state index contributed by atoms with van der Waals surface area (Å²) < 4.78 is 8.66. The van der Waals surface area contributed by atoms with E-state index in [9.17, 15) is 44.1 Å². The molecular formula is C119H118Br10N8O9. The number of carbonyl (C=O) groups is 5. The van der Waals surface area contributed by atoms with E-state index in [0.717, 1.165) is 153 Å². The van der Waals surface area contributed by atoms with Crippen LogP contribution < -0.4 is 35.1 Å². The number of nitrogen functional groups attached to an aromatic ring is 1. The molecule has 3 aliphatic rings. The Morgan fingerprint density at radius 1 is 0.336 bits per heavy atom. The van der Waals surface area contributed by atoms with Crippen LogP contribution in [0.2, 0.25) is 0 Å². The maximum Gasteiger partial charge on any atom is 0.332 e. The molecule has 6 amide bonds. The standard InChI is InChI=1S/3C25H24Br2N2O2.C19H21BrO.C12H15BrO.C7H4BrNO.C6H6BrN/c3*1-3-5-23-25(31,18-7-4-6-17(2)16-18)29(22-14-10-20(27)11-15-22)24(30)28(23)21-12-8-19(26)9-13-21;1-3-5-16(13-15-8-10-18(20)11-9-15)19(21)17-7-4-6-14(2)12-17;1-3-5-11(13)12(14)10-7-4-6-9(2)8-10;8-6-1-3-7(4-2-6)9-5-10;7-5-1-3-6(8)4-2-5/h3*4,6-16,23,31H,3,5H2,1-2H3;4,6-12,16H,3,5,13H2,1-2H3;4,6-8,11H,3,5H2,1-2H3;1-4H;1-4H,8H2/t2*23-,25?;;;;;/m10...../s1. The third-order valence-electron chi connectivity index (χ3n) is 24.8. The van der Waals surface area contributed by atoms with Crippen molar-refractivity contribution in [3.05, 3.63) is 441 Å². The maximum atomic E-state index is 13.9. The highest BCUT2D eigenvalue weighted by molar-refractivity contribution is 9.12. The number of benzene rings is 14. The first-order valence-corrected chi connectivity index (χ1v) is 56.3. The molecule has 17 rings (SSSR count). The number of hydrogen-bond donors (Lipinski definition) is 4. The van der Waals surface area contributed by atoms with Crippen molar-refractivity contribution in [2.75, 3.05) is 35.1 Å². The van der Waals surface area contributed by atoms with E-state index < -0.39 is 35.3 Å². The second-order valence-electron chi connectivity index (χ2n) is 35.8. The zero-order valence-corrected chi connectivity index (χ0v) is 98.6. The Morgan fingerprint density at radius 2 is 0.589 bits per heavy atom. The SMILES string of the molecule is CCCC(Br)C(=O)c1cccc(C)c1.CCCC(Cc1ccc(Br)cc1)C(=O)c1cccc(C)c1.CCCC1N(c2ccc(Br)cc2)C(=O)N(c2ccc(Br)cc2)C1(O)c1cccc(C)c1.CCC[C@@H]1N(c2ccc(Br)cc2)C(=O)N(c2ccc(Br)cc2)C1(O)c1cccc(C)c1.CCC[C@H]1N(c2ccc(Br)cc2)C(=O)N(c2ccc(Br)cc2)C1(O)c1cccc(C)c1.Nc1ccc(Br)cc1.O=C=Nc1ccc(Br)cc1. The van der Waals surface area contributed by atoms with Gasteiger partial charge in [0.15, 0.2) is 28.7 Å². The number of halogens is 10. The van der Waals surface area contributed by atoms with Gasteiger partial charge < -0.3 is 21.1 Å². The third-order valence-corrected chi connectivity index (χ3v) is 30.5. The quantitative estimate of drug-likeness (QED) is 0.0132. The topological polar surface area (TPSA) is 221 Å². The highest BCUT2D eigenvalue weighted by atomic mass is 79.9. The van der Waals surface area contributed by atoms with Crippen molar-refractivity contribution in [2.45, 2.75) is 180 Å². The molecule has 0 spiro atoms. The van der Waals surface area contributed by atoms with Gasteiger partial charge in [-0.05, 0) is 297 Å². The number of anilines is 7. The summed E-state index contributed by atoms with van der Waals surface area (Å²) in [4.78, 5) is 89.3. The number of alkyl halides is 1. The molecule has 0 aromatic heterocycles. The Hall–Kier alpha value is -9.91. The zero-order chi connectivity index (χ0) is 106. The summed E-state index contributed by atoms with van der Waals surface area (Å²) in [6, 6.07) is 105. The number of urea groups is 3. The largest absolute Gasteiger partial charge is 0.399 e. The second-order valence-corrected chi connectivity index (χ2v) is 45.1. The van der Waals surface area contributed by atoms with Crippen LogP contribution in [0, 0.1) is 40.5 Å². The van der Waals surface area contributed by atoms with Crippen molar-refractivity contribution in [2.24, 2.45) is 10.9 Å². The highest BCUT2D eigenvalue weighted by Crippen LogP contribution is 2.51. The summed E-state index contributed by atoms with van der Waals surface area (Å²) in [6.07, 6.45) is 10.6. The molecule has 0 bridgehead atoms. The summed E-state index contributed by atoms with van der Waals surface area (Å²) in [7, 11) is 0. The minimum absolute atomic E-state index is 0.0331. The number of aliphatic hydroxyl groups is 3. The summed E-state index contributed by atoms with van der Waals surface area (Å²) in [5, 5.41) is 37.1. The van der Waals surface area contributed by atoms with Crippen LogP contribution in [0.25, 0.3) is 0 Å². The molecule has 14 aromatic carbocycles. The smallest absolute Gasteiger partial charge is 0.332 e. The number of hydrogen-bond acceptors (Lipinski definition) is 11. The number of aliphatic imine (C=N–C) groups is 1. The molecule has 6 unspecified atom stereocenters. The molecule has 3 saturated heterocycles. The van der Waals surface area contributed by atoms with Gasteiger partial charge in [-0.15, -0.1) is 0 Å². The molecule has 3 aliphatic heterocycles. The van der Waals surface area contributed by atoms with E-state index in [1.54, 1.807) is 26.8 Å². The molecule has 0 saturated carbocycles. The Morgan fingerprint density at radius 3 is 0.849 bits per heavy atom. The predicted octanol–water partition coefficient (Wildman–Crippen LogP) is 34.7. The van der Waals surface area contributed by atoms with Crippen LogP contribution >= 0.6 is 159 Å². The molecule has 8 atom stereocenters. The van der Waals surface area contributed by atoms with Crippen LogP contribution in [0.1, 0.15) is 170 Å². The molecule has 0 aliphatic carbocycles. The van der Waals surface area contributed by atoms with Crippen LogP contribution in [0.15, 0.2) is 385 Å². The van der Waals surface area contributed by atoms with Crippen LogP contribution in [0.5, 0.6) is 0 Å². The Balaban J connectivity index is 0.000000169. The molecular weight excluding hydrogens is 2480 g/mol. The van der Waals surface area contributed by atoms with E-state index in [4.69, 9.17) is 5.73 Å². The van der Waals surface area contributed by atoms with E-state index in [-0.39, 0.29) is 40.4 Å². The second kappa shape index (κ2) is 55.6. The van der Waals surface area contributed by atoms with Crippen molar-refractivity contribution in [3.63, 3.8) is 0 Å². The maximum absolute atomic E-state index is 13.9. The van der Waals surface area contributed by atoms with Crippen LogP contribution in [-0.4, -0.2) is 74.0 Å². The number of ketones is 2. The van der Waals surface area contributed by atoms with Gasteiger partial charge in [-0.25, -0.2) is 19.2 Å². The number of rotatable bonds is 26. The molecule has 14 aromatic rings. The lowest BCUT2D eigenvalue weighted by Gasteiger charge is -2.37. The number of aryl methyl sites for hydroxylation is 5. The van der Waals surface area contributed by atoms with E-state index in [0.29, 0.717) is 58.7 Å². The molecule has 17 nitrogen and oxygen atoms in total. The molecule has 3 fully saturated rings. The molecule has 27 heteroatoms. The monoisotopic (exact) mass is 2590 g/mol. The van der Waals surface area contributed by atoms with Crippen LogP contribution in [0.4, 0.5) is 59.9 Å². The van der Waals surface area contributed by atoms with E-state index in [2.05, 4.69) is 211 Å². The number of nitrogens with two attached hydrogens (primary N) is 1. The van der Waals surface area contributed by atoms with E-state index >= 15 is 0 Å². The van der Waals surface area contributed by atoms with Crippen molar-refractivity contribution in [3.8, 4) is 0 Å². The molecule has 758 valence electrons. The number of nitrogens with zero attached hydrogens (tertiary/aromatic N) is 7. The zero-order valence-electron chi connectivity index (χ0n) is 82.8. The molecule has 146 heavy (non-hydrogen) atoms. The Kier molecular flexibility index (Phi) is 44.3. The number of carbonyl (C=O) groups excluding carboxylic acids is 6. The van der Waals surface area contributed by atoms with Gasteiger partial charge >= 0.3 is 18.1 Å². The van der Waals surface area contributed by atoms with Gasteiger partial charge in [0, 0.05) is 114 Å². The van der Waals surface area contributed by atoms with Crippen molar-refractivity contribution in [1.82, 2.24) is 0 Å². The Bertz CT molecular complexity index is 6300. The average Bonchev–Trinajstić information content (AvgIpc) is 1.57. The van der Waals surface area contributed by atoms with E-state index in [1.807, 2.05) is 350 Å². The van der Waals surface area contributed by atoms with Gasteiger partial charge in [0.2, 0.25) is 6.08 Å². The first-order valence-electron chi connectivity index (χ1n) is 48.2. The van der Waals surface area contributed by atoms with Crippen LogP contribution in [0.3, 0.4) is 0 Å². The van der Waals surface area contributed by atoms with Crippen molar-refractivity contribution < 1.29 is 44.1 Å². The summed E-state index contributed by atoms with van der Waals surface area (Å²) in [6.45, 7) is 20.4. The van der Waals surface area contributed by atoms with Gasteiger partial charge in [0.1, 0.15) is 0 Å². The minimum Gasteiger partial charge on any atom is -0.399 e. The average molecular weight is 2600 g/mol. The highest BCUT2D eigenvalue weighted by Gasteiger charge is 2.61. The number of amides is 6. The van der Waals surface area contributed by atoms with Gasteiger partial charge in [0.05, 0.1) is 28.6 Å². The molecule has 3 heterocycles. The number of isocyanates is 1. The predicted molar refractivity (Wildman–Crippen MR) is 633 cm³/mol. The van der Waals surface area contributed by atoms with E-state index in [1.165, 1.54) is 26.3 Å². The molecule has 0 radical (unpaired) electrons. The summed E-state index contributed by atoms with van der Waals surface area (Å²) in [5.74, 6) is 0.525. The summed E-state index contributed by atoms with van der Waals surface area (Å²) in [5.41, 5.74) is 16.9. The van der Waals surface area contributed by atoms with Gasteiger partial charge in [-0.2, -0.15) is 4.99 Å². The Labute approximate surface area is 942 Å². The lowest BCUT2D eigenvalue weighted by atomic mass is 9.87. The minimum atomic E-state index is -1.51. The first kappa shape index (κ1) is 116. The van der Waals surface area contributed by atoms with Crippen molar-refractivity contribution in [1.29, 1.82) is 0 Å². The fourth-order valence-corrected chi connectivity index (χ4v) is 21.0. The first-order chi connectivity index (χ1) is 69.9. The fourth-order valence-electron chi connectivity index (χ4n) is 17.9. The lowest BCUT2D eigenvalue weighted by Crippen LogP contribution is -2.49. The summed E-state index contributed by atoms with van der Waals surface area (Å²) >= 11 is 34.2. The van der Waals surface area contributed by atoms with Crippen LogP contribution in [-0.2, 0) is 28.4 Å². The normalized spacial score (nSPS) is 17.4.